The van der Waals surface area contributed by atoms with Crippen molar-refractivity contribution in [2.45, 2.75) is 0 Å². The molecular weight excluding hydrogens is 338 g/mol. The third kappa shape index (κ3) is 3.93. The van der Waals surface area contributed by atoms with Gasteiger partial charge in [0.05, 0.1) is 4.92 Å². The molecule has 1 aromatic heterocycles. The number of aromatic amines is 2. The maximum Gasteiger partial charge on any atom is 0.357 e. The van der Waals surface area contributed by atoms with Gasteiger partial charge in [-0.05, 0) is 35.9 Å². The van der Waals surface area contributed by atoms with Gasteiger partial charge in [-0.15, -0.1) is 0 Å². The fourth-order valence-corrected chi connectivity index (χ4v) is 2.29. The van der Waals surface area contributed by atoms with Gasteiger partial charge in [0.25, 0.3) is 0 Å². The molecule has 3 rings (SSSR count). The first-order chi connectivity index (χ1) is 12.5. The molecule has 2 aromatic carbocycles. The summed E-state index contributed by atoms with van der Waals surface area (Å²) >= 11 is 0. The molecule has 26 heavy (non-hydrogen) atoms. The van der Waals surface area contributed by atoms with Gasteiger partial charge in [-0.2, -0.15) is 0 Å². The van der Waals surface area contributed by atoms with Crippen LogP contribution in [-0.2, 0) is 0 Å². The van der Waals surface area contributed by atoms with E-state index in [2.05, 4.69) is 4.98 Å². The minimum absolute atomic E-state index is 0.182. The average Bonchev–Trinajstić information content (AvgIpc) is 2.60. The van der Waals surface area contributed by atoms with E-state index in [9.17, 15) is 19.7 Å². The fraction of sp³-hybridized carbons (Fsp3) is 0. The van der Waals surface area contributed by atoms with Gasteiger partial charge < -0.3 is 9.72 Å². The van der Waals surface area contributed by atoms with Crippen LogP contribution in [-0.4, -0.2) is 14.9 Å². The molecule has 8 nitrogen and oxygen atoms in total. The number of aromatic nitrogens is 2. The van der Waals surface area contributed by atoms with Gasteiger partial charge in [-0.3, -0.25) is 19.9 Å². The van der Waals surface area contributed by atoms with Crippen molar-refractivity contribution in [1.82, 2.24) is 9.97 Å². The molecule has 3 aromatic rings. The van der Waals surface area contributed by atoms with Crippen molar-refractivity contribution in [3.8, 4) is 11.5 Å². The molecule has 130 valence electrons. The molecule has 0 aliphatic heterocycles. The highest BCUT2D eigenvalue weighted by Crippen LogP contribution is 2.23. The minimum atomic E-state index is -1.06. The van der Waals surface area contributed by atoms with Crippen LogP contribution in [0.15, 0.2) is 64.2 Å². The molecule has 0 spiro atoms. The molecular formula is C18H13N3O5. The summed E-state index contributed by atoms with van der Waals surface area (Å²) in [5.74, 6) is 1.25. The number of H-pyrrole nitrogens is 2. The molecule has 0 fully saturated rings. The maximum atomic E-state index is 11.6. The Bertz CT molecular complexity index is 1080. The van der Waals surface area contributed by atoms with Crippen molar-refractivity contribution in [3.05, 3.63) is 96.8 Å². The van der Waals surface area contributed by atoms with Crippen LogP contribution in [0.3, 0.4) is 0 Å². The van der Waals surface area contributed by atoms with Gasteiger partial charge in [-0.25, -0.2) is 4.79 Å². The van der Waals surface area contributed by atoms with E-state index >= 15 is 0 Å². The van der Waals surface area contributed by atoms with Crippen LogP contribution in [0.25, 0.3) is 12.2 Å². The second kappa shape index (κ2) is 7.31. The molecule has 0 atom stereocenters. The number of nitro groups is 1. The van der Waals surface area contributed by atoms with E-state index in [1.165, 1.54) is 12.2 Å². The smallest absolute Gasteiger partial charge is 0.357 e. The third-order valence-electron chi connectivity index (χ3n) is 3.41. The Labute approximate surface area is 146 Å². The average molecular weight is 351 g/mol. The van der Waals surface area contributed by atoms with Crippen LogP contribution in [0.2, 0.25) is 0 Å². The zero-order valence-corrected chi connectivity index (χ0v) is 13.3. The van der Waals surface area contributed by atoms with Gasteiger partial charge in [0.15, 0.2) is 0 Å². The molecule has 0 aliphatic carbocycles. The van der Waals surface area contributed by atoms with Crippen molar-refractivity contribution >= 4 is 17.8 Å². The van der Waals surface area contributed by atoms with E-state index < -0.39 is 21.9 Å². The molecule has 0 bridgehead atoms. The number of para-hydroxylation sites is 1. The number of ether oxygens (including phenoxy) is 1. The van der Waals surface area contributed by atoms with Crippen molar-refractivity contribution in [2.24, 2.45) is 0 Å². The number of nitrogens with zero attached hydrogens (tertiary/aromatic N) is 1. The molecule has 0 radical (unpaired) electrons. The summed E-state index contributed by atoms with van der Waals surface area (Å²) in [4.78, 5) is 37.2. The van der Waals surface area contributed by atoms with E-state index in [-0.39, 0.29) is 5.69 Å². The minimum Gasteiger partial charge on any atom is -0.457 e. The molecule has 0 unspecified atom stereocenters. The summed E-state index contributed by atoms with van der Waals surface area (Å²) in [6.45, 7) is 0. The van der Waals surface area contributed by atoms with Crippen molar-refractivity contribution in [3.63, 3.8) is 0 Å². The second-order valence-corrected chi connectivity index (χ2v) is 5.25. The highest BCUT2D eigenvalue weighted by molar-refractivity contribution is 5.72. The summed E-state index contributed by atoms with van der Waals surface area (Å²) in [5.41, 5.74) is -2.11. The lowest BCUT2D eigenvalue weighted by atomic mass is 10.2. The lowest BCUT2D eigenvalue weighted by molar-refractivity contribution is -0.386. The Morgan fingerprint density at radius 3 is 2.38 bits per heavy atom. The number of benzene rings is 2. The van der Waals surface area contributed by atoms with Crippen LogP contribution in [0.5, 0.6) is 11.5 Å². The number of rotatable bonds is 5. The Hall–Kier alpha value is -3.94. The number of hydrogen-bond donors (Lipinski definition) is 2. The molecule has 8 heteroatoms. The monoisotopic (exact) mass is 351 g/mol. The summed E-state index contributed by atoms with van der Waals surface area (Å²) in [6.07, 6.45) is 2.84. The predicted octanol–water partition coefficient (Wildman–Crippen LogP) is 2.93. The normalized spacial score (nSPS) is 10.8. The summed E-state index contributed by atoms with van der Waals surface area (Å²) < 4.78 is 5.72. The van der Waals surface area contributed by atoms with E-state index in [0.29, 0.717) is 17.1 Å². The van der Waals surface area contributed by atoms with Crippen LogP contribution in [0.4, 0.5) is 5.69 Å². The second-order valence-electron chi connectivity index (χ2n) is 5.25. The predicted molar refractivity (Wildman–Crippen MR) is 96.2 cm³/mol. The Balaban J connectivity index is 1.90. The lowest BCUT2D eigenvalue weighted by Gasteiger charge is -2.05. The third-order valence-corrected chi connectivity index (χ3v) is 3.41. The van der Waals surface area contributed by atoms with Crippen molar-refractivity contribution in [1.29, 1.82) is 0 Å². The Kier molecular flexibility index (Phi) is 4.75. The van der Waals surface area contributed by atoms with E-state index in [4.69, 9.17) is 4.74 Å². The van der Waals surface area contributed by atoms with E-state index in [1.807, 2.05) is 35.3 Å². The standard InChI is InChI=1S/C18H13N3O5/c22-17-16(21(24)25)15(19-18(23)20-17)10-9-12-5-4-8-14(11-12)26-13-6-2-1-3-7-13/h1-11H,(H2,19,20,22,23)/b10-9-. The first-order valence-corrected chi connectivity index (χ1v) is 7.55. The van der Waals surface area contributed by atoms with E-state index in [1.54, 1.807) is 24.3 Å². The van der Waals surface area contributed by atoms with E-state index in [0.717, 1.165) is 0 Å². The molecule has 0 aliphatic rings. The lowest BCUT2D eigenvalue weighted by Crippen LogP contribution is -2.25. The molecule has 0 amide bonds. The van der Waals surface area contributed by atoms with Crippen LogP contribution in [0, 0.1) is 10.1 Å². The van der Waals surface area contributed by atoms with Crippen LogP contribution in [0.1, 0.15) is 11.3 Å². The zero-order chi connectivity index (χ0) is 18.5. The first-order valence-electron chi connectivity index (χ1n) is 7.55. The molecule has 0 saturated heterocycles. The highest BCUT2D eigenvalue weighted by Gasteiger charge is 2.18. The van der Waals surface area contributed by atoms with Crippen molar-refractivity contribution < 1.29 is 9.66 Å². The van der Waals surface area contributed by atoms with Crippen LogP contribution >= 0.6 is 0 Å². The van der Waals surface area contributed by atoms with Gasteiger partial charge in [-0.1, -0.05) is 36.4 Å². The molecule has 0 saturated carbocycles. The van der Waals surface area contributed by atoms with Gasteiger partial charge >= 0.3 is 16.9 Å². The van der Waals surface area contributed by atoms with Gasteiger partial charge in [0.1, 0.15) is 17.2 Å². The topological polar surface area (TPSA) is 118 Å². The molecule has 2 N–H and O–H groups in total. The quantitative estimate of drug-likeness (QED) is 0.541. The summed E-state index contributed by atoms with van der Waals surface area (Å²) in [5, 5.41) is 11.0. The zero-order valence-electron chi connectivity index (χ0n) is 13.3. The van der Waals surface area contributed by atoms with Crippen LogP contribution < -0.4 is 16.0 Å². The van der Waals surface area contributed by atoms with Gasteiger partial charge in [0.2, 0.25) is 0 Å². The van der Waals surface area contributed by atoms with Gasteiger partial charge in [0, 0.05) is 0 Å². The maximum absolute atomic E-state index is 11.6. The van der Waals surface area contributed by atoms with Crippen molar-refractivity contribution in [2.75, 3.05) is 0 Å². The summed E-state index contributed by atoms with van der Waals surface area (Å²) in [7, 11) is 0. The Morgan fingerprint density at radius 2 is 1.65 bits per heavy atom. The number of nitrogens with one attached hydrogen (secondary N) is 2. The highest BCUT2D eigenvalue weighted by atomic mass is 16.6. The fourth-order valence-electron chi connectivity index (χ4n) is 2.29. The SMILES string of the molecule is O=c1[nH]c(/C=C\c2cccc(Oc3ccccc3)c2)c([N+](=O)[O-])c(=O)[nH]1. The molecule has 1 heterocycles. The first kappa shape index (κ1) is 16.9. The Morgan fingerprint density at radius 1 is 0.923 bits per heavy atom. The number of hydrogen-bond acceptors (Lipinski definition) is 5. The largest absolute Gasteiger partial charge is 0.457 e. The summed E-state index contributed by atoms with van der Waals surface area (Å²) in [6, 6.07) is 16.2.